The largest absolute Gasteiger partial charge is 0.329 e. The number of carbonyl (C=O) groups excluding carboxylic acids is 1. The van der Waals surface area contributed by atoms with Gasteiger partial charge in [-0.25, -0.2) is 4.79 Å². The number of hydrogen-bond donors (Lipinski definition) is 1. The third-order valence-electron chi connectivity index (χ3n) is 1.94. The molecule has 1 aliphatic heterocycles. The Labute approximate surface area is 79.0 Å². The molecule has 13 heavy (non-hydrogen) atoms. The molecule has 0 unspecified atom stereocenters. The molecule has 1 rings (SSSR count). The molecule has 0 radical (unpaired) electrons. The quantitative estimate of drug-likeness (QED) is 0.696. The van der Waals surface area contributed by atoms with Crippen LogP contribution in [0.3, 0.4) is 0 Å². The molecule has 1 heterocycles. The summed E-state index contributed by atoms with van der Waals surface area (Å²) in [5, 5.41) is 0. The highest BCUT2D eigenvalue weighted by Gasteiger charge is 2.25. The number of nitrogens with zero attached hydrogens (tertiary/aromatic N) is 2. The zero-order valence-corrected chi connectivity index (χ0v) is 8.29. The number of urea groups is 1. The average Bonchev–Trinajstić information content (AvgIpc) is 2.36. The molecule has 0 atom stereocenters. The van der Waals surface area contributed by atoms with Gasteiger partial charge in [0, 0.05) is 32.4 Å². The topological polar surface area (TPSA) is 49.6 Å². The Morgan fingerprint density at radius 2 is 2.23 bits per heavy atom. The summed E-state index contributed by atoms with van der Waals surface area (Å²) in [5.74, 6) is 0. The minimum atomic E-state index is 0.0756. The van der Waals surface area contributed by atoms with Crippen LogP contribution in [0.25, 0.3) is 0 Å². The Morgan fingerprint density at radius 3 is 2.77 bits per heavy atom. The number of carbonyl (C=O) groups is 1. The minimum Gasteiger partial charge on any atom is -0.329 e. The Morgan fingerprint density at radius 1 is 1.54 bits per heavy atom. The van der Waals surface area contributed by atoms with Gasteiger partial charge in [0.25, 0.3) is 0 Å². The summed E-state index contributed by atoms with van der Waals surface area (Å²) in [7, 11) is 0. The number of allylic oxidation sites excluding steroid dienone is 1. The number of amides is 2. The molecule has 1 fully saturated rings. The minimum absolute atomic E-state index is 0.0756. The van der Waals surface area contributed by atoms with Crippen LogP contribution in [0.2, 0.25) is 0 Å². The van der Waals surface area contributed by atoms with Gasteiger partial charge in [0.15, 0.2) is 0 Å². The molecular weight excluding hydrogens is 166 g/mol. The van der Waals surface area contributed by atoms with Crippen molar-refractivity contribution in [1.29, 1.82) is 0 Å². The highest BCUT2D eigenvalue weighted by Crippen LogP contribution is 2.09. The molecule has 74 valence electrons. The Bertz CT molecular complexity index is 221. The summed E-state index contributed by atoms with van der Waals surface area (Å²) in [6.45, 7) is 6.74. The van der Waals surface area contributed by atoms with Gasteiger partial charge >= 0.3 is 6.03 Å². The first-order valence-electron chi connectivity index (χ1n) is 4.56. The zero-order chi connectivity index (χ0) is 9.84. The maximum Gasteiger partial charge on any atom is 0.324 e. The fraction of sp³-hybridized carbons (Fsp3) is 0.667. The second kappa shape index (κ2) is 4.28. The molecule has 0 aromatic carbocycles. The van der Waals surface area contributed by atoms with Gasteiger partial charge in [-0.2, -0.15) is 0 Å². The van der Waals surface area contributed by atoms with Crippen molar-refractivity contribution >= 4 is 6.03 Å². The molecule has 0 aromatic heterocycles. The number of nitrogens with two attached hydrogens (primary N) is 1. The van der Waals surface area contributed by atoms with E-state index in [0.29, 0.717) is 13.1 Å². The monoisotopic (exact) mass is 183 g/mol. The van der Waals surface area contributed by atoms with Gasteiger partial charge in [-0.05, 0) is 13.8 Å². The molecular formula is C9H17N3O. The molecule has 4 nitrogen and oxygen atoms in total. The molecule has 1 saturated heterocycles. The van der Waals surface area contributed by atoms with E-state index in [2.05, 4.69) is 0 Å². The normalized spacial score (nSPS) is 16.7. The Hall–Kier alpha value is -1.03. The first kappa shape index (κ1) is 10.1. The van der Waals surface area contributed by atoms with Gasteiger partial charge in [0.05, 0.1) is 0 Å². The van der Waals surface area contributed by atoms with E-state index in [1.807, 2.05) is 20.0 Å². The third-order valence-corrected chi connectivity index (χ3v) is 1.94. The molecule has 2 N–H and O–H groups in total. The lowest BCUT2D eigenvalue weighted by Crippen LogP contribution is -2.33. The van der Waals surface area contributed by atoms with Gasteiger partial charge in [-0.3, -0.25) is 4.90 Å². The van der Waals surface area contributed by atoms with Crippen LogP contribution >= 0.6 is 0 Å². The summed E-state index contributed by atoms with van der Waals surface area (Å²) in [6.07, 6.45) is 1.89. The van der Waals surface area contributed by atoms with Crippen molar-refractivity contribution in [2.75, 3.05) is 26.2 Å². The van der Waals surface area contributed by atoms with Gasteiger partial charge in [0.2, 0.25) is 0 Å². The van der Waals surface area contributed by atoms with Crippen LogP contribution in [0, 0.1) is 0 Å². The lowest BCUT2D eigenvalue weighted by atomic mass is 10.4. The second-order valence-corrected chi connectivity index (χ2v) is 3.46. The lowest BCUT2D eigenvalue weighted by Gasteiger charge is -2.15. The van der Waals surface area contributed by atoms with E-state index in [1.54, 1.807) is 9.80 Å². The van der Waals surface area contributed by atoms with Crippen LogP contribution in [0.5, 0.6) is 0 Å². The molecule has 4 heteroatoms. The first-order valence-corrected chi connectivity index (χ1v) is 4.56. The number of rotatable bonds is 3. The van der Waals surface area contributed by atoms with Crippen molar-refractivity contribution in [1.82, 2.24) is 9.80 Å². The number of hydrogen-bond acceptors (Lipinski definition) is 2. The average molecular weight is 183 g/mol. The van der Waals surface area contributed by atoms with E-state index in [1.165, 1.54) is 0 Å². The van der Waals surface area contributed by atoms with Crippen LogP contribution in [0.15, 0.2) is 11.8 Å². The molecule has 1 aliphatic rings. The van der Waals surface area contributed by atoms with E-state index in [-0.39, 0.29) is 6.03 Å². The SMILES string of the molecule is CC(C)=CN1CCN(CCN)C1=O. The maximum atomic E-state index is 11.6. The van der Waals surface area contributed by atoms with Crippen molar-refractivity contribution in [3.05, 3.63) is 11.8 Å². The van der Waals surface area contributed by atoms with Gasteiger partial charge < -0.3 is 10.6 Å². The van der Waals surface area contributed by atoms with Crippen molar-refractivity contribution in [2.24, 2.45) is 5.73 Å². The predicted molar refractivity (Wildman–Crippen MR) is 52.2 cm³/mol. The van der Waals surface area contributed by atoms with Crippen LogP contribution in [0.1, 0.15) is 13.8 Å². The fourth-order valence-electron chi connectivity index (χ4n) is 1.40. The lowest BCUT2D eigenvalue weighted by molar-refractivity contribution is 0.203. The summed E-state index contributed by atoms with van der Waals surface area (Å²) in [5.41, 5.74) is 6.53. The Balaban J connectivity index is 2.55. The van der Waals surface area contributed by atoms with Crippen LogP contribution in [0.4, 0.5) is 4.79 Å². The summed E-state index contributed by atoms with van der Waals surface area (Å²) < 4.78 is 0. The highest BCUT2D eigenvalue weighted by atomic mass is 16.2. The fourth-order valence-corrected chi connectivity index (χ4v) is 1.40. The second-order valence-electron chi connectivity index (χ2n) is 3.46. The van der Waals surface area contributed by atoms with Crippen LogP contribution in [-0.4, -0.2) is 42.0 Å². The van der Waals surface area contributed by atoms with Crippen molar-refractivity contribution in [3.8, 4) is 0 Å². The highest BCUT2D eigenvalue weighted by molar-refractivity contribution is 5.77. The standard InChI is InChI=1S/C9H17N3O/c1-8(2)7-12-6-5-11(4-3-10)9(12)13/h7H,3-6,10H2,1-2H3. The van der Waals surface area contributed by atoms with E-state index in [9.17, 15) is 4.79 Å². The van der Waals surface area contributed by atoms with Crippen LogP contribution < -0.4 is 5.73 Å². The van der Waals surface area contributed by atoms with E-state index in [0.717, 1.165) is 18.7 Å². The smallest absolute Gasteiger partial charge is 0.324 e. The zero-order valence-electron chi connectivity index (χ0n) is 8.29. The Kier molecular flexibility index (Phi) is 3.31. The van der Waals surface area contributed by atoms with E-state index in [4.69, 9.17) is 5.73 Å². The third kappa shape index (κ3) is 2.45. The van der Waals surface area contributed by atoms with Crippen LogP contribution in [-0.2, 0) is 0 Å². The molecule has 0 spiro atoms. The summed E-state index contributed by atoms with van der Waals surface area (Å²) in [6, 6.07) is 0.0756. The molecule has 0 saturated carbocycles. The van der Waals surface area contributed by atoms with Crippen molar-refractivity contribution in [2.45, 2.75) is 13.8 Å². The predicted octanol–water partition coefficient (Wildman–Crippen LogP) is 0.606. The summed E-state index contributed by atoms with van der Waals surface area (Å²) in [4.78, 5) is 15.1. The molecule has 2 amide bonds. The molecule has 0 aromatic rings. The first-order chi connectivity index (χ1) is 6.15. The van der Waals surface area contributed by atoms with Crippen molar-refractivity contribution in [3.63, 3.8) is 0 Å². The van der Waals surface area contributed by atoms with E-state index < -0.39 is 0 Å². The van der Waals surface area contributed by atoms with Gasteiger partial charge in [-0.15, -0.1) is 0 Å². The van der Waals surface area contributed by atoms with Gasteiger partial charge in [-0.1, -0.05) is 5.57 Å². The molecule has 0 aliphatic carbocycles. The molecule has 0 bridgehead atoms. The maximum absolute atomic E-state index is 11.6. The van der Waals surface area contributed by atoms with Crippen molar-refractivity contribution < 1.29 is 4.79 Å². The van der Waals surface area contributed by atoms with E-state index >= 15 is 0 Å². The summed E-state index contributed by atoms with van der Waals surface area (Å²) >= 11 is 0. The van der Waals surface area contributed by atoms with Gasteiger partial charge in [0.1, 0.15) is 0 Å².